The summed E-state index contributed by atoms with van der Waals surface area (Å²) in [5.41, 5.74) is 2.43. The first-order valence-electron chi connectivity index (χ1n) is 4.43. The van der Waals surface area contributed by atoms with E-state index in [9.17, 15) is 10.1 Å². The molecular formula is C10H11ClN2O2. The highest BCUT2D eigenvalue weighted by Gasteiger charge is 2.04. The van der Waals surface area contributed by atoms with E-state index in [-0.39, 0.29) is 5.69 Å². The number of benzene rings is 1. The van der Waals surface area contributed by atoms with Gasteiger partial charge in [-0.1, -0.05) is 29.8 Å². The average molecular weight is 227 g/mol. The van der Waals surface area contributed by atoms with Gasteiger partial charge in [0, 0.05) is 30.8 Å². The van der Waals surface area contributed by atoms with E-state index >= 15 is 0 Å². The number of nitrogens with zero attached hydrogens (tertiary/aromatic N) is 1. The first kappa shape index (κ1) is 11.7. The van der Waals surface area contributed by atoms with Gasteiger partial charge >= 0.3 is 0 Å². The minimum Gasteiger partial charge on any atom is -0.309 e. The molecule has 4 nitrogen and oxygen atoms in total. The Morgan fingerprint density at radius 2 is 2.33 bits per heavy atom. The van der Waals surface area contributed by atoms with E-state index in [2.05, 4.69) is 5.32 Å². The Bertz CT molecular complexity index is 366. The summed E-state index contributed by atoms with van der Waals surface area (Å²) in [6, 6.07) is 6.54. The maximum absolute atomic E-state index is 10.5. The second kappa shape index (κ2) is 6.16. The highest BCUT2D eigenvalue weighted by Crippen LogP contribution is 2.12. The highest BCUT2D eigenvalue weighted by molar-refractivity contribution is 6.25. The third-order valence-electron chi connectivity index (χ3n) is 1.80. The summed E-state index contributed by atoms with van der Waals surface area (Å²) < 4.78 is 0. The summed E-state index contributed by atoms with van der Waals surface area (Å²) in [6.45, 7) is 1.23. The molecule has 5 heteroatoms. The summed E-state index contributed by atoms with van der Waals surface area (Å²) >= 11 is 5.34. The lowest BCUT2D eigenvalue weighted by molar-refractivity contribution is -0.384. The van der Waals surface area contributed by atoms with Crippen LogP contribution in [0.4, 0.5) is 5.69 Å². The van der Waals surface area contributed by atoms with E-state index in [1.165, 1.54) is 11.6 Å². The minimum absolute atomic E-state index is 0.113. The van der Waals surface area contributed by atoms with Gasteiger partial charge < -0.3 is 5.32 Å². The quantitative estimate of drug-likeness (QED) is 0.477. The Morgan fingerprint density at radius 3 is 3.00 bits per heavy atom. The molecule has 0 atom stereocenters. The highest BCUT2D eigenvalue weighted by atomic mass is 35.5. The van der Waals surface area contributed by atoms with Gasteiger partial charge in [-0.2, -0.15) is 0 Å². The summed E-state index contributed by atoms with van der Waals surface area (Å²) in [5.74, 6) is 0. The molecule has 0 radical (unpaired) electrons. The third-order valence-corrected chi connectivity index (χ3v) is 1.98. The molecule has 0 saturated heterocycles. The maximum atomic E-state index is 10.5. The van der Waals surface area contributed by atoms with Gasteiger partial charge in [-0.25, -0.2) is 0 Å². The zero-order valence-corrected chi connectivity index (χ0v) is 8.78. The maximum Gasteiger partial charge on any atom is 0.269 e. The fourth-order valence-electron chi connectivity index (χ4n) is 1.12. The van der Waals surface area contributed by atoms with Crippen LogP contribution in [0.5, 0.6) is 0 Å². The van der Waals surface area contributed by atoms with Crippen LogP contribution in [0.25, 0.3) is 0 Å². The van der Waals surface area contributed by atoms with Crippen LogP contribution in [0, 0.1) is 10.1 Å². The smallest absolute Gasteiger partial charge is 0.269 e. The van der Waals surface area contributed by atoms with Crippen LogP contribution in [0.1, 0.15) is 5.56 Å². The molecule has 0 aliphatic heterocycles. The summed E-state index contributed by atoms with van der Waals surface area (Å²) in [5, 5.41) is 13.6. The second-order valence-corrected chi connectivity index (χ2v) is 3.17. The number of hydrogen-bond acceptors (Lipinski definition) is 3. The first-order chi connectivity index (χ1) is 7.24. The van der Waals surface area contributed by atoms with Gasteiger partial charge in [0.25, 0.3) is 5.69 Å². The molecule has 80 valence electrons. The predicted octanol–water partition coefficient (Wildman–Crippen LogP) is 2.44. The first-order valence-corrected chi connectivity index (χ1v) is 4.87. The summed E-state index contributed by atoms with van der Waals surface area (Å²) in [7, 11) is 0. The van der Waals surface area contributed by atoms with Crippen LogP contribution in [-0.2, 0) is 6.54 Å². The zero-order valence-electron chi connectivity index (χ0n) is 8.02. The van der Waals surface area contributed by atoms with Crippen LogP contribution >= 0.6 is 11.6 Å². The Kier molecular flexibility index (Phi) is 4.80. The monoisotopic (exact) mass is 226 g/mol. The zero-order chi connectivity index (χ0) is 11.1. The van der Waals surface area contributed by atoms with E-state index in [0.717, 1.165) is 5.56 Å². The van der Waals surface area contributed by atoms with Crippen molar-refractivity contribution in [3.05, 3.63) is 51.6 Å². The number of nitro benzene ring substituents is 1. The van der Waals surface area contributed by atoms with Gasteiger partial charge in [0.1, 0.15) is 0 Å². The fraction of sp³-hybridized carbons (Fsp3) is 0.200. The van der Waals surface area contributed by atoms with Crippen molar-refractivity contribution in [2.75, 3.05) is 6.54 Å². The number of rotatable bonds is 5. The van der Waals surface area contributed by atoms with Crippen molar-refractivity contribution in [1.82, 2.24) is 5.32 Å². The lowest BCUT2D eigenvalue weighted by Crippen LogP contribution is -2.12. The van der Waals surface area contributed by atoms with E-state index < -0.39 is 4.92 Å². The van der Waals surface area contributed by atoms with Gasteiger partial charge in [-0.05, 0) is 5.56 Å². The molecule has 0 aliphatic rings. The van der Waals surface area contributed by atoms with Crippen molar-refractivity contribution in [1.29, 1.82) is 0 Å². The number of nitro groups is 1. The van der Waals surface area contributed by atoms with Crippen LogP contribution in [0.2, 0.25) is 0 Å². The predicted molar refractivity (Wildman–Crippen MR) is 59.8 cm³/mol. The summed E-state index contributed by atoms with van der Waals surface area (Å²) in [4.78, 5) is 10.1. The Morgan fingerprint density at radius 1 is 1.53 bits per heavy atom. The molecule has 0 amide bonds. The molecule has 0 bridgehead atoms. The SMILES string of the molecule is O=[N+]([O-])c1cccc(CNC/C=C/Cl)c1. The standard InChI is InChI=1S/C10H11ClN2O2/c11-5-2-6-12-8-9-3-1-4-10(7-9)13(14)15/h1-5,7,12H,6,8H2/b5-2+. The van der Waals surface area contributed by atoms with Crippen molar-refractivity contribution in [3.63, 3.8) is 0 Å². The van der Waals surface area contributed by atoms with Gasteiger partial charge in [0.05, 0.1) is 4.92 Å². The van der Waals surface area contributed by atoms with Gasteiger partial charge in [-0.3, -0.25) is 10.1 Å². The second-order valence-electron chi connectivity index (χ2n) is 2.92. The van der Waals surface area contributed by atoms with Gasteiger partial charge in [-0.15, -0.1) is 0 Å². The van der Waals surface area contributed by atoms with Crippen LogP contribution in [0.15, 0.2) is 35.9 Å². The van der Waals surface area contributed by atoms with Crippen molar-refractivity contribution >= 4 is 17.3 Å². The van der Waals surface area contributed by atoms with Crippen molar-refractivity contribution in [2.24, 2.45) is 0 Å². The largest absolute Gasteiger partial charge is 0.309 e. The Hall–Kier alpha value is -1.39. The number of halogens is 1. The van der Waals surface area contributed by atoms with E-state index in [1.807, 2.05) is 6.07 Å². The van der Waals surface area contributed by atoms with E-state index in [0.29, 0.717) is 13.1 Å². The van der Waals surface area contributed by atoms with Crippen molar-refractivity contribution in [2.45, 2.75) is 6.54 Å². The molecule has 0 saturated carbocycles. The lowest BCUT2D eigenvalue weighted by atomic mass is 10.2. The van der Waals surface area contributed by atoms with E-state index in [4.69, 9.17) is 11.6 Å². The molecule has 1 rings (SSSR count). The topological polar surface area (TPSA) is 55.2 Å². The van der Waals surface area contributed by atoms with Gasteiger partial charge in [0.15, 0.2) is 0 Å². The number of nitrogens with one attached hydrogen (secondary N) is 1. The number of hydrogen-bond donors (Lipinski definition) is 1. The molecule has 0 spiro atoms. The fourth-order valence-corrected chi connectivity index (χ4v) is 1.21. The van der Waals surface area contributed by atoms with Gasteiger partial charge in [0.2, 0.25) is 0 Å². The molecule has 0 aromatic heterocycles. The van der Waals surface area contributed by atoms with Crippen molar-refractivity contribution < 1.29 is 4.92 Å². The van der Waals surface area contributed by atoms with Crippen LogP contribution in [-0.4, -0.2) is 11.5 Å². The third kappa shape index (κ3) is 4.10. The Labute approximate surface area is 92.7 Å². The molecule has 0 heterocycles. The number of non-ortho nitro benzene ring substituents is 1. The van der Waals surface area contributed by atoms with Crippen LogP contribution < -0.4 is 5.32 Å². The molecule has 1 aromatic carbocycles. The molecule has 15 heavy (non-hydrogen) atoms. The molecule has 1 N–H and O–H groups in total. The normalized spacial score (nSPS) is 10.7. The molecule has 0 unspecified atom stereocenters. The molecule has 0 aliphatic carbocycles. The van der Waals surface area contributed by atoms with Crippen molar-refractivity contribution in [3.8, 4) is 0 Å². The molecule has 0 fully saturated rings. The molecule has 1 aromatic rings. The minimum atomic E-state index is -0.401. The van der Waals surface area contributed by atoms with Crippen LogP contribution in [0.3, 0.4) is 0 Å². The van der Waals surface area contributed by atoms with E-state index in [1.54, 1.807) is 18.2 Å². The average Bonchev–Trinajstić information content (AvgIpc) is 2.25. The Balaban J connectivity index is 2.54. The lowest BCUT2D eigenvalue weighted by Gasteiger charge is -2.01. The molecular weight excluding hydrogens is 216 g/mol. The summed E-state index contributed by atoms with van der Waals surface area (Å²) in [6.07, 6.45) is 1.76.